The fraction of sp³-hybridized carbons (Fsp3) is 0.933. The SMILES string of the molecule is CCCCCCCCCCCC(CC(=O)OC(CCCCCCC)CC(=O)O)O[C@@H]1OC(C)[C@H](O)[C@H](O)C1O. The van der Waals surface area contributed by atoms with Gasteiger partial charge >= 0.3 is 11.9 Å². The molecule has 230 valence electrons. The van der Waals surface area contributed by atoms with Crippen LogP contribution in [0.2, 0.25) is 0 Å². The van der Waals surface area contributed by atoms with Gasteiger partial charge in [-0.15, -0.1) is 0 Å². The molecule has 9 nitrogen and oxygen atoms in total. The van der Waals surface area contributed by atoms with Gasteiger partial charge in [0.2, 0.25) is 0 Å². The van der Waals surface area contributed by atoms with E-state index in [1.165, 1.54) is 38.5 Å². The van der Waals surface area contributed by atoms with Crippen molar-refractivity contribution in [3.63, 3.8) is 0 Å². The molecule has 4 N–H and O–H groups in total. The minimum atomic E-state index is -1.46. The lowest BCUT2D eigenvalue weighted by atomic mass is 9.99. The summed E-state index contributed by atoms with van der Waals surface area (Å²) >= 11 is 0. The van der Waals surface area contributed by atoms with Gasteiger partial charge in [-0.3, -0.25) is 9.59 Å². The lowest BCUT2D eigenvalue weighted by molar-refractivity contribution is -0.304. The van der Waals surface area contributed by atoms with Crippen LogP contribution in [0.5, 0.6) is 0 Å². The number of aliphatic hydroxyl groups is 3. The van der Waals surface area contributed by atoms with Crippen LogP contribution in [0.15, 0.2) is 0 Å². The molecule has 39 heavy (non-hydrogen) atoms. The van der Waals surface area contributed by atoms with Crippen LogP contribution in [0.25, 0.3) is 0 Å². The smallest absolute Gasteiger partial charge is 0.308 e. The number of carboxylic acid groups (broad SMARTS) is 1. The van der Waals surface area contributed by atoms with E-state index >= 15 is 0 Å². The van der Waals surface area contributed by atoms with Crippen LogP contribution in [0.1, 0.15) is 136 Å². The van der Waals surface area contributed by atoms with Crippen molar-refractivity contribution in [1.82, 2.24) is 0 Å². The lowest BCUT2D eigenvalue weighted by Gasteiger charge is -2.40. The average Bonchev–Trinajstić information content (AvgIpc) is 2.88. The number of aliphatic carboxylic acids is 1. The Hall–Kier alpha value is -1.26. The molecule has 0 spiro atoms. The van der Waals surface area contributed by atoms with E-state index in [9.17, 15) is 30.0 Å². The van der Waals surface area contributed by atoms with Crippen molar-refractivity contribution < 1.29 is 44.2 Å². The van der Waals surface area contributed by atoms with Crippen molar-refractivity contribution >= 4 is 11.9 Å². The van der Waals surface area contributed by atoms with E-state index in [0.29, 0.717) is 12.8 Å². The number of rotatable bonds is 23. The van der Waals surface area contributed by atoms with Crippen molar-refractivity contribution in [3.05, 3.63) is 0 Å². The van der Waals surface area contributed by atoms with E-state index in [0.717, 1.165) is 51.4 Å². The number of carboxylic acids is 1. The van der Waals surface area contributed by atoms with E-state index in [2.05, 4.69) is 13.8 Å². The number of ether oxygens (including phenoxy) is 3. The molecule has 1 saturated heterocycles. The third kappa shape index (κ3) is 15.9. The highest BCUT2D eigenvalue weighted by atomic mass is 16.7. The summed E-state index contributed by atoms with van der Waals surface area (Å²) in [5, 5.41) is 39.8. The standard InChI is InChI=1S/C30H56O9/c1-4-6-8-10-11-12-13-15-17-19-24(39-30-29(36)28(35)27(34)22(3)37-30)21-26(33)38-23(20-25(31)32)18-16-14-9-7-5-2/h22-24,27-30,34-36H,4-21H2,1-3H3,(H,31,32)/t22?,23?,24?,27-,28-,29?,30-/m0/s1. The lowest BCUT2D eigenvalue weighted by Crippen LogP contribution is -2.58. The molecule has 0 aromatic carbocycles. The second-order valence-electron chi connectivity index (χ2n) is 11.2. The van der Waals surface area contributed by atoms with E-state index in [4.69, 9.17) is 14.2 Å². The number of aliphatic hydroxyl groups excluding tert-OH is 3. The summed E-state index contributed by atoms with van der Waals surface area (Å²) < 4.78 is 17.1. The zero-order valence-electron chi connectivity index (χ0n) is 24.6. The van der Waals surface area contributed by atoms with Gasteiger partial charge in [0.25, 0.3) is 0 Å². The van der Waals surface area contributed by atoms with E-state index in [1.807, 2.05) is 0 Å². The molecule has 0 amide bonds. The first-order valence-electron chi connectivity index (χ1n) is 15.5. The molecule has 1 heterocycles. The van der Waals surface area contributed by atoms with Crippen molar-refractivity contribution in [1.29, 1.82) is 0 Å². The van der Waals surface area contributed by atoms with Crippen LogP contribution >= 0.6 is 0 Å². The highest BCUT2D eigenvalue weighted by Crippen LogP contribution is 2.25. The zero-order chi connectivity index (χ0) is 29.0. The monoisotopic (exact) mass is 560 g/mol. The first-order valence-corrected chi connectivity index (χ1v) is 15.5. The molecule has 7 atom stereocenters. The Morgan fingerprint density at radius 3 is 1.69 bits per heavy atom. The number of hydrogen-bond acceptors (Lipinski definition) is 8. The quantitative estimate of drug-likeness (QED) is 0.0972. The summed E-state index contributed by atoms with van der Waals surface area (Å²) in [4.78, 5) is 24.2. The van der Waals surface area contributed by atoms with Gasteiger partial charge in [0.1, 0.15) is 24.4 Å². The van der Waals surface area contributed by atoms with E-state index in [1.54, 1.807) is 6.92 Å². The van der Waals surface area contributed by atoms with Crippen LogP contribution in [-0.2, 0) is 23.8 Å². The average molecular weight is 561 g/mol. The minimum Gasteiger partial charge on any atom is -0.481 e. The molecule has 0 aromatic heterocycles. The third-order valence-corrected chi connectivity index (χ3v) is 7.49. The molecule has 0 aliphatic carbocycles. The summed E-state index contributed by atoms with van der Waals surface area (Å²) in [7, 11) is 0. The van der Waals surface area contributed by atoms with Crippen molar-refractivity contribution in [2.45, 2.75) is 179 Å². The molecular weight excluding hydrogens is 504 g/mol. The Morgan fingerprint density at radius 2 is 1.18 bits per heavy atom. The number of carbonyl (C=O) groups is 2. The van der Waals surface area contributed by atoms with Gasteiger partial charge in [-0.2, -0.15) is 0 Å². The summed E-state index contributed by atoms with van der Waals surface area (Å²) in [5.74, 6) is -1.56. The van der Waals surface area contributed by atoms with Crippen LogP contribution in [-0.4, -0.2) is 75.3 Å². The highest BCUT2D eigenvalue weighted by molar-refractivity contribution is 5.72. The normalized spacial score (nSPS) is 24.8. The van der Waals surface area contributed by atoms with Gasteiger partial charge in [-0.25, -0.2) is 0 Å². The number of hydrogen-bond donors (Lipinski definition) is 4. The molecule has 0 aromatic rings. The van der Waals surface area contributed by atoms with E-state index < -0.39 is 54.9 Å². The molecule has 4 unspecified atom stereocenters. The second-order valence-corrected chi connectivity index (χ2v) is 11.2. The molecule has 1 aliphatic heterocycles. The maximum Gasteiger partial charge on any atom is 0.308 e. The van der Waals surface area contributed by atoms with Crippen LogP contribution in [0.4, 0.5) is 0 Å². The Bertz CT molecular complexity index is 644. The Kier molecular flexibility index (Phi) is 19.7. The first-order chi connectivity index (χ1) is 18.7. The minimum absolute atomic E-state index is 0.109. The fourth-order valence-corrected chi connectivity index (χ4v) is 5.01. The van der Waals surface area contributed by atoms with Crippen LogP contribution < -0.4 is 0 Å². The summed E-state index contributed by atoms with van der Waals surface area (Å²) in [6.45, 7) is 5.91. The molecule has 0 saturated carbocycles. The number of carbonyl (C=O) groups excluding carboxylic acids is 1. The Balaban J connectivity index is 2.67. The first kappa shape index (κ1) is 35.8. The third-order valence-electron chi connectivity index (χ3n) is 7.49. The van der Waals surface area contributed by atoms with Crippen LogP contribution in [0, 0.1) is 0 Å². The van der Waals surface area contributed by atoms with Crippen molar-refractivity contribution in [2.24, 2.45) is 0 Å². The topological polar surface area (TPSA) is 143 Å². The molecule has 1 aliphatic rings. The number of esters is 1. The van der Waals surface area contributed by atoms with Gasteiger partial charge in [0, 0.05) is 0 Å². The maximum absolute atomic E-state index is 12.9. The molecule has 9 heteroatoms. The van der Waals surface area contributed by atoms with Gasteiger partial charge in [0.15, 0.2) is 6.29 Å². The molecular formula is C30H56O9. The Labute approximate surface area is 235 Å². The predicted octanol–water partition coefficient (Wildman–Crippen LogP) is 5.26. The van der Waals surface area contributed by atoms with Gasteiger partial charge in [-0.1, -0.05) is 97.3 Å². The number of unbranched alkanes of at least 4 members (excludes halogenated alkanes) is 12. The highest BCUT2D eigenvalue weighted by Gasteiger charge is 2.43. The summed E-state index contributed by atoms with van der Waals surface area (Å²) in [6.07, 6.45) is 8.67. The van der Waals surface area contributed by atoms with Gasteiger partial charge in [-0.05, 0) is 26.2 Å². The molecule has 0 radical (unpaired) electrons. The second kappa shape index (κ2) is 21.5. The van der Waals surface area contributed by atoms with E-state index in [-0.39, 0.29) is 12.8 Å². The van der Waals surface area contributed by atoms with Gasteiger partial charge < -0.3 is 34.6 Å². The molecule has 0 bridgehead atoms. The summed E-state index contributed by atoms with van der Waals surface area (Å²) in [5.41, 5.74) is 0. The zero-order valence-corrected chi connectivity index (χ0v) is 24.6. The maximum atomic E-state index is 12.9. The van der Waals surface area contributed by atoms with Gasteiger partial charge in [0.05, 0.1) is 25.0 Å². The van der Waals surface area contributed by atoms with Crippen LogP contribution in [0.3, 0.4) is 0 Å². The van der Waals surface area contributed by atoms with Crippen molar-refractivity contribution in [2.75, 3.05) is 0 Å². The predicted molar refractivity (Wildman–Crippen MR) is 149 cm³/mol. The largest absolute Gasteiger partial charge is 0.481 e. The Morgan fingerprint density at radius 1 is 0.692 bits per heavy atom. The summed E-state index contributed by atoms with van der Waals surface area (Å²) in [6, 6.07) is 0. The molecule has 1 fully saturated rings. The van der Waals surface area contributed by atoms with Crippen molar-refractivity contribution in [3.8, 4) is 0 Å². The molecule has 1 rings (SSSR count). The fourth-order valence-electron chi connectivity index (χ4n) is 5.01.